The van der Waals surface area contributed by atoms with Crippen LogP contribution in [-0.2, 0) is 27.8 Å². The Kier molecular flexibility index (Phi) is 7.52. The largest absolute Gasteiger partial charge is 0.489 e. The molecule has 0 bridgehead atoms. The summed E-state index contributed by atoms with van der Waals surface area (Å²) in [4.78, 5) is 26.0. The highest BCUT2D eigenvalue weighted by Crippen LogP contribution is 2.33. The number of hydrogen-bond donors (Lipinski definition) is 3. The molecule has 0 fully saturated rings. The fourth-order valence-electron chi connectivity index (χ4n) is 4.45. The van der Waals surface area contributed by atoms with Crippen LogP contribution < -0.4 is 15.8 Å². The van der Waals surface area contributed by atoms with Gasteiger partial charge in [-0.3, -0.25) is 19.9 Å². The van der Waals surface area contributed by atoms with Gasteiger partial charge in [-0.1, -0.05) is 47.5 Å². The Morgan fingerprint density at radius 1 is 1.08 bits per heavy atom. The molecule has 13 heteroatoms. The summed E-state index contributed by atoms with van der Waals surface area (Å²) in [6.45, 7) is 0.0341. The molecule has 4 aromatic rings. The van der Waals surface area contributed by atoms with Crippen LogP contribution in [0.15, 0.2) is 82.5 Å². The molecule has 39 heavy (non-hydrogen) atoms. The zero-order valence-electron chi connectivity index (χ0n) is 20.2. The van der Waals surface area contributed by atoms with Crippen LogP contribution in [0, 0.1) is 0 Å². The first-order valence-electron chi connectivity index (χ1n) is 11.7. The highest BCUT2D eigenvalue weighted by molar-refractivity contribution is 7.89. The molecular weight excluding hydrogens is 567 g/mol. The Bertz CT molecular complexity index is 1690. The van der Waals surface area contributed by atoms with Crippen molar-refractivity contribution in [3.05, 3.63) is 110 Å². The van der Waals surface area contributed by atoms with Crippen LogP contribution in [0.5, 0.6) is 5.75 Å². The van der Waals surface area contributed by atoms with E-state index in [1.165, 1.54) is 34.4 Å². The van der Waals surface area contributed by atoms with Gasteiger partial charge in [-0.05, 0) is 48.5 Å². The van der Waals surface area contributed by atoms with Crippen LogP contribution >= 0.6 is 23.2 Å². The first-order valence-corrected chi connectivity index (χ1v) is 13.9. The van der Waals surface area contributed by atoms with Crippen molar-refractivity contribution >= 4 is 39.1 Å². The Morgan fingerprint density at radius 3 is 2.46 bits per heavy atom. The summed E-state index contributed by atoms with van der Waals surface area (Å²) < 4.78 is 35.2. The van der Waals surface area contributed by atoms with Gasteiger partial charge in [0, 0.05) is 34.3 Å². The van der Waals surface area contributed by atoms with Crippen LogP contribution in [0.25, 0.3) is 5.69 Å². The fraction of sp³-hybridized carbons (Fsp3) is 0.154. The number of H-pyrrole nitrogens is 1. The molecule has 1 aromatic heterocycles. The number of rotatable bonds is 7. The van der Waals surface area contributed by atoms with E-state index < -0.39 is 27.5 Å². The number of hydroxylamine groups is 1. The SMILES string of the molecule is O=C(NO)[C@H]1c2c([nH]n(-c3ccccc3)c2=O)CCN1S(=O)(=O)c1ccc(OCc2ccc(Cl)cc2Cl)cc1. The lowest BCUT2D eigenvalue weighted by Gasteiger charge is -2.32. The lowest BCUT2D eigenvalue weighted by Crippen LogP contribution is -2.48. The topological polar surface area (TPSA) is 134 Å². The van der Waals surface area contributed by atoms with Crippen LogP contribution in [0.2, 0.25) is 10.0 Å². The number of aromatic amines is 1. The number of sulfonamides is 1. The van der Waals surface area contributed by atoms with E-state index in [9.17, 15) is 23.2 Å². The normalized spacial score (nSPS) is 15.5. The summed E-state index contributed by atoms with van der Waals surface area (Å²) in [6.07, 6.45) is 0.155. The van der Waals surface area contributed by atoms with Crippen molar-refractivity contribution in [3.63, 3.8) is 0 Å². The second-order valence-corrected chi connectivity index (χ2v) is 11.5. The molecule has 1 aliphatic rings. The maximum absolute atomic E-state index is 13.7. The third-order valence-corrected chi connectivity index (χ3v) is 8.83. The number of halogens is 2. The van der Waals surface area contributed by atoms with Gasteiger partial charge in [0.2, 0.25) is 10.0 Å². The average Bonchev–Trinajstić information content (AvgIpc) is 3.28. The number of carbonyl (C=O) groups excluding carboxylic acids is 1. The monoisotopic (exact) mass is 588 g/mol. The second-order valence-electron chi connectivity index (χ2n) is 8.72. The number of fused-ring (bicyclic) bond motifs is 1. The lowest BCUT2D eigenvalue weighted by molar-refractivity contribution is -0.133. The minimum atomic E-state index is -4.27. The highest BCUT2D eigenvalue weighted by Gasteiger charge is 2.43. The lowest BCUT2D eigenvalue weighted by atomic mass is 10.0. The minimum absolute atomic E-state index is 0.0555. The Balaban J connectivity index is 1.43. The molecule has 10 nitrogen and oxygen atoms in total. The molecule has 3 N–H and O–H groups in total. The van der Waals surface area contributed by atoms with Crippen LogP contribution in [0.3, 0.4) is 0 Å². The van der Waals surface area contributed by atoms with Crippen molar-refractivity contribution in [1.29, 1.82) is 0 Å². The highest BCUT2D eigenvalue weighted by atomic mass is 35.5. The number of nitrogens with zero attached hydrogens (tertiary/aromatic N) is 2. The molecule has 0 aliphatic carbocycles. The van der Waals surface area contributed by atoms with Gasteiger partial charge in [0.25, 0.3) is 11.5 Å². The molecule has 0 spiro atoms. The summed E-state index contributed by atoms with van der Waals surface area (Å²) in [5.74, 6) is -0.655. The predicted molar refractivity (Wildman–Crippen MR) is 144 cm³/mol. The summed E-state index contributed by atoms with van der Waals surface area (Å²) in [5, 5.41) is 13.3. The molecule has 0 saturated carbocycles. The molecular formula is C26H22Cl2N4O6S. The number of benzene rings is 3. The van der Waals surface area contributed by atoms with Crippen molar-refractivity contribution in [3.8, 4) is 11.4 Å². The maximum Gasteiger partial charge on any atom is 0.276 e. The number of hydrogen-bond acceptors (Lipinski definition) is 6. The summed E-state index contributed by atoms with van der Waals surface area (Å²) in [7, 11) is -4.27. The number of aromatic nitrogens is 2. The first kappa shape index (κ1) is 27.0. The van der Waals surface area contributed by atoms with E-state index in [2.05, 4.69) is 5.10 Å². The number of nitrogens with one attached hydrogen (secondary N) is 2. The number of amides is 1. The van der Waals surface area contributed by atoms with Crippen molar-refractivity contribution in [2.45, 2.75) is 24.0 Å². The zero-order chi connectivity index (χ0) is 27.7. The van der Waals surface area contributed by atoms with Gasteiger partial charge in [-0.2, -0.15) is 4.31 Å². The second kappa shape index (κ2) is 10.9. The van der Waals surface area contributed by atoms with Crippen LogP contribution in [-0.4, -0.2) is 40.2 Å². The quantitative estimate of drug-likeness (QED) is 0.222. The van der Waals surface area contributed by atoms with E-state index >= 15 is 0 Å². The van der Waals surface area contributed by atoms with E-state index in [1.54, 1.807) is 48.5 Å². The Labute approximate surface area is 233 Å². The number of carbonyl (C=O) groups is 1. The van der Waals surface area contributed by atoms with Gasteiger partial charge in [0.05, 0.1) is 16.1 Å². The van der Waals surface area contributed by atoms with Gasteiger partial charge in [0.15, 0.2) is 0 Å². The van der Waals surface area contributed by atoms with Crippen LogP contribution in [0.4, 0.5) is 0 Å². The van der Waals surface area contributed by atoms with Crippen molar-refractivity contribution in [2.24, 2.45) is 0 Å². The van der Waals surface area contributed by atoms with Crippen molar-refractivity contribution in [2.75, 3.05) is 6.54 Å². The van der Waals surface area contributed by atoms with Crippen molar-refractivity contribution in [1.82, 2.24) is 19.6 Å². The fourth-order valence-corrected chi connectivity index (χ4v) is 6.47. The van der Waals surface area contributed by atoms with Gasteiger partial charge in [0.1, 0.15) is 18.4 Å². The van der Waals surface area contributed by atoms with E-state index in [0.29, 0.717) is 32.7 Å². The molecule has 1 aliphatic heterocycles. The third-order valence-electron chi connectivity index (χ3n) is 6.36. The molecule has 3 aromatic carbocycles. The number of ether oxygens (including phenoxy) is 1. The molecule has 0 saturated heterocycles. The summed E-state index contributed by atoms with van der Waals surface area (Å²) >= 11 is 12.1. The van der Waals surface area contributed by atoms with Gasteiger partial charge in [-0.25, -0.2) is 18.6 Å². The number of para-hydroxylation sites is 1. The maximum atomic E-state index is 13.7. The standard InChI is InChI=1S/C26H22Cl2N4O6S/c27-17-7-6-16(21(28)14-17)15-38-19-8-10-20(11-9-19)39(36,37)31-13-12-22-23(24(31)25(33)30-35)26(34)32(29-22)18-4-2-1-3-5-18/h1-11,14,24,29,35H,12-13,15H2,(H,30,33)/t24-/m1/s1. The molecule has 1 atom stereocenters. The molecule has 1 amide bonds. The Morgan fingerprint density at radius 2 is 1.79 bits per heavy atom. The molecule has 5 rings (SSSR count). The van der Waals surface area contributed by atoms with E-state index in [-0.39, 0.29) is 30.0 Å². The van der Waals surface area contributed by atoms with Crippen molar-refractivity contribution < 1.29 is 23.2 Å². The summed E-state index contributed by atoms with van der Waals surface area (Å²) in [6, 6.07) is 17.7. The molecule has 2 heterocycles. The summed E-state index contributed by atoms with van der Waals surface area (Å²) in [5.41, 5.74) is 2.49. The Hall–Kier alpha value is -3.61. The predicted octanol–water partition coefficient (Wildman–Crippen LogP) is 3.84. The van der Waals surface area contributed by atoms with Gasteiger partial charge in [-0.15, -0.1) is 0 Å². The minimum Gasteiger partial charge on any atom is -0.489 e. The molecule has 202 valence electrons. The smallest absolute Gasteiger partial charge is 0.276 e. The van der Waals surface area contributed by atoms with Gasteiger partial charge >= 0.3 is 0 Å². The van der Waals surface area contributed by atoms with E-state index in [0.717, 1.165) is 4.31 Å². The van der Waals surface area contributed by atoms with E-state index in [1.807, 2.05) is 0 Å². The van der Waals surface area contributed by atoms with Gasteiger partial charge < -0.3 is 4.74 Å². The first-order chi connectivity index (χ1) is 18.7. The third kappa shape index (κ3) is 5.19. The molecule has 0 radical (unpaired) electrons. The molecule has 0 unspecified atom stereocenters. The van der Waals surface area contributed by atoms with Crippen LogP contribution in [0.1, 0.15) is 22.9 Å². The average molecular weight is 589 g/mol. The zero-order valence-corrected chi connectivity index (χ0v) is 22.5. The van der Waals surface area contributed by atoms with E-state index in [4.69, 9.17) is 27.9 Å².